The Morgan fingerprint density at radius 3 is 2.84 bits per heavy atom. The van der Waals surface area contributed by atoms with Gasteiger partial charge < -0.3 is 15.7 Å². The summed E-state index contributed by atoms with van der Waals surface area (Å²) in [5.41, 5.74) is 1.29. The molecule has 1 aromatic rings. The first-order valence-corrected chi connectivity index (χ1v) is 6.89. The summed E-state index contributed by atoms with van der Waals surface area (Å²) in [5.74, 6) is -0.214. The van der Waals surface area contributed by atoms with E-state index < -0.39 is 6.10 Å². The Morgan fingerprint density at radius 1 is 1.42 bits per heavy atom. The lowest BCUT2D eigenvalue weighted by Crippen LogP contribution is -2.45. The van der Waals surface area contributed by atoms with Crippen molar-refractivity contribution in [3.63, 3.8) is 0 Å². The van der Waals surface area contributed by atoms with Crippen molar-refractivity contribution < 1.29 is 9.90 Å². The van der Waals surface area contributed by atoms with Crippen LogP contribution in [-0.2, 0) is 0 Å². The number of hydrogen-bond acceptors (Lipinski definition) is 4. The number of carbonyl (C=O) groups excluding carboxylic acids is 1. The minimum absolute atomic E-state index is 0.142. The van der Waals surface area contributed by atoms with E-state index in [1.165, 1.54) is 0 Å². The first-order chi connectivity index (χ1) is 9.20. The lowest BCUT2D eigenvalue weighted by Gasteiger charge is -2.28. The molecular weight excluding hydrogens is 242 g/mol. The molecule has 19 heavy (non-hydrogen) atoms. The second-order valence-electron chi connectivity index (χ2n) is 4.89. The van der Waals surface area contributed by atoms with Gasteiger partial charge in [0.05, 0.1) is 24.0 Å². The average Bonchev–Trinajstić information content (AvgIpc) is 2.42. The standard InChI is InChI=1S/C14H21N3O2/c1-2-15-10-7-8-12(16-9-10)14(19)17-11-5-3-4-6-13(11)18/h7-9,11,13,15,18H,2-6H2,1H3,(H,17,19). The van der Waals surface area contributed by atoms with Crippen molar-refractivity contribution in [1.29, 1.82) is 0 Å². The van der Waals surface area contributed by atoms with Crippen molar-refractivity contribution in [3.05, 3.63) is 24.0 Å². The highest BCUT2D eigenvalue weighted by Gasteiger charge is 2.25. The van der Waals surface area contributed by atoms with E-state index in [4.69, 9.17) is 0 Å². The molecule has 5 heteroatoms. The van der Waals surface area contributed by atoms with Crippen molar-refractivity contribution in [2.75, 3.05) is 11.9 Å². The fourth-order valence-electron chi connectivity index (χ4n) is 2.36. The topological polar surface area (TPSA) is 74.2 Å². The zero-order chi connectivity index (χ0) is 13.7. The molecule has 0 bridgehead atoms. The molecule has 1 aromatic heterocycles. The molecular formula is C14H21N3O2. The van der Waals surface area contributed by atoms with Gasteiger partial charge in [-0.25, -0.2) is 4.98 Å². The number of hydrogen-bond donors (Lipinski definition) is 3. The Hall–Kier alpha value is -1.62. The van der Waals surface area contributed by atoms with Crippen molar-refractivity contribution in [2.24, 2.45) is 0 Å². The Bertz CT molecular complexity index is 419. The molecule has 0 saturated heterocycles. The summed E-state index contributed by atoms with van der Waals surface area (Å²) >= 11 is 0. The lowest BCUT2D eigenvalue weighted by atomic mass is 9.92. The highest BCUT2D eigenvalue weighted by atomic mass is 16.3. The van der Waals surface area contributed by atoms with Gasteiger partial charge in [0.25, 0.3) is 5.91 Å². The van der Waals surface area contributed by atoms with Crippen LogP contribution in [0.25, 0.3) is 0 Å². The normalized spacial score (nSPS) is 22.8. The smallest absolute Gasteiger partial charge is 0.270 e. The van der Waals surface area contributed by atoms with Gasteiger partial charge in [-0.05, 0) is 31.9 Å². The van der Waals surface area contributed by atoms with Gasteiger partial charge in [0, 0.05) is 6.54 Å². The molecule has 0 spiro atoms. The molecule has 0 aromatic carbocycles. The van der Waals surface area contributed by atoms with Gasteiger partial charge in [0.1, 0.15) is 5.69 Å². The van der Waals surface area contributed by atoms with Gasteiger partial charge in [-0.1, -0.05) is 12.8 Å². The Kier molecular flexibility index (Phi) is 4.74. The molecule has 5 nitrogen and oxygen atoms in total. The summed E-state index contributed by atoms with van der Waals surface area (Å²) in [6, 6.07) is 3.39. The predicted molar refractivity (Wildman–Crippen MR) is 74.1 cm³/mol. The van der Waals surface area contributed by atoms with E-state index in [0.29, 0.717) is 5.69 Å². The van der Waals surface area contributed by atoms with E-state index in [2.05, 4.69) is 15.6 Å². The Labute approximate surface area is 113 Å². The third-order valence-corrected chi connectivity index (χ3v) is 3.42. The van der Waals surface area contributed by atoms with Crippen LogP contribution in [0.5, 0.6) is 0 Å². The maximum atomic E-state index is 12.0. The maximum absolute atomic E-state index is 12.0. The molecule has 1 aliphatic carbocycles. The number of carbonyl (C=O) groups is 1. The number of aliphatic hydroxyl groups excluding tert-OH is 1. The van der Waals surface area contributed by atoms with E-state index in [1.807, 2.05) is 13.0 Å². The monoisotopic (exact) mass is 263 g/mol. The van der Waals surface area contributed by atoms with Crippen molar-refractivity contribution in [3.8, 4) is 0 Å². The SMILES string of the molecule is CCNc1ccc(C(=O)NC2CCCCC2O)nc1. The summed E-state index contributed by atoms with van der Waals surface area (Å²) in [6.45, 7) is 2.83. The highest BCUT2D eigenvalue weighted by Crippen LogP contribution is 2.18. The molecule has 3 N–H and O–H groups in total. The first-order valence-electron chi connectivity index (χ1n) is 6.89. The second-order valence-corrected chi connectivity index (χ2v) is 4.89. The van der Waals surface area contributed by atoms with Gasteiger partial charge >= 0.3 is 0 Å². The lowest BCUT2D eigenvalue weighted by molar-refractivity contribution is 0.0714. The zero-order valence-electron chi connectivity index (χ0n) is 11.2. The number of anilines is 1. The number of aliphatic hydroxyl groups is 1. The summed E-state index contributed by atoms with van der Waals surface area (Å²) in [4.78, 5) is 16.2. The van der Waals surface area contributed by atoms with E-state index in [0.717, 1.165) is 37.9 Å². The molecule has 1 aliphatic rings. The number of amides is 1. The van der Waals surface area contributed by atoms with Crippen LogP contribution in [-0.4, -0.2) is 34.7 Å². The van der Waals surface area contributed by atoms with Crippen LogP contribution in [0.15, 0.2) is 18.3 Å². The third kappa shape index (κ3) is 3.67. The van der Waals surface area contributed by atoms with Gasteiger partial charge in [-0.15, -0.1) is 0 Å². The van der Waals surface area contributed by atoms with Crippen LogP contribution < -0.4 is 10.6 Å². The van der Waals surface area contributed by atoms with Crippen LogP contribution in [0.4, 0.5) is 5.69 Å². The zero-order valence-corrected chi connectivity index (χ0v) is 11.2. The highest BCUT2D eigenvalue weighted by molar-refractivity contribution is 5.92. The minimum atomic E-state index is -0.432. The maximum Gasteiger partial charge on any atom is 0.270 e. The van der Waals surface area contributed by atoms with Crippen molar-refractivity contribution >= 4 is 11.6 Å². The van der Waals surface area contributed by atoms with E-state index in [-0.39, 0.29) is 11.9 Å². The molecule has 2 rings (SSSR count). The predicted octanol–water partition coefficient (Wildman–Crippen LogP) is 1.55. The number of aromatic nitrogens is 1. The quantitative estimate of drug-likeness (QED) is 0.770. The molecule has 0 aliphatic heterocycles. The summed E-state index contributed by atoms with van der Waals surface area (Å²) in [6.07, 6.45) is 4.90. The fraction of sp³-hybridized carbons (Fsp3) is 0.571. The first kappa shape index (κ1) is 13.8. The van der Waals surface area contributed by atoms with Crippen LogP contribution in [0.1, 0.15) is 43.1 Å². The summed E-state index contributed by atoms with van der Waals surface area (Å²) in [7, 11) is 0. The minimum Gasteiger partial charge on any atom is -0.391 e. The molecule has 1 saturated carbocycles. The third-order valence-electron chi connectivity index (χ3n) is 3.42. The average molecular weight is 263 g/mol. The van der Waals surface area contributed by atoms with Gasteiger partial charge in [-0.3, -0.25) is 4.79 Å². The van der Waals surface area contributed by atoms with E-state index in [9.17, 15) is 9.90 Å². The summed E-state index contributed by atoms with van der Waals surface area (Å²) in [5, 5.41) is 15.8. The molecule has 2 unspecified atom stereocenters. The van der Waals surface area contributed by atoms with Crippen LogP contribution in [0, 0.1) is 0 Å². The molecule has 1 amide bonds. The number of nitrogens with one attached hydrogen (secondary N) is 2. The van der Waals surface area contributed by atoms with Gasteiger partial charge in [-0.2, -0.15) is 0 Å². The largest absolute Gasteiger partial charge is 0.391 e. The van der Waals surface area contributed by atoms with Crippen LogP contribution in [0.2, 0.25) is 0 Å². The fourth-order valence-corrected chi connectivity index (χ4v) is 2.36. The van der Waals surface area contributed by atoms with Gasteiger partial charge in [0.2, 0.25) is 0 Å². The molecule has 1 fully saturated rings. The molecule has 104 valence electrons. The Balaban J connectivity index is 1.95. The molecule has 0 radical (unpaired) electrons. The van der Waals surface area contributed by atoms with Crippen molar-refractivity contribution in [1.82, 2.24) is 10.3 Å². The van der Waals surface area contributed by atoms with Crippen LogP contribution in [0.3, 0.4) is 0 Å². The number of nitrogens with zero attached hydrogens (tertiary/aromatic N) is 1. The molecule has 2 atom stereocenters. The number of rotatable bonds is 4. The number of pyridine rings is 1. The second kappa shape index (κ2) is 6.52. The van der Waals surface area contributed by atoms with E-state index >= 15 is 0 Å². The Morgan fingerprint density at radius 2 is 2.21 bits per heavy atom. The van der Waals surface area contributed by atoms with E-state index in [1.54, 1.807) is 12.3 Å². The van der Waals surface area contributed by atoms with Crippen molar-refractivity contribution in [2.45, 2.75) is 44.8 Å². The summed E-state index contributed by atoms with van der Waals surface area (Å²) < 4.78 is 0. The van der Waals surface area contributed by atoms with Gasteiger partial charge in [0.15, 0.2) is 0 Å². The molecule has 1 heterocycles. The van der Waals surface area contributed by atoms with Crippen LogP contribution >= 0.6 is 0 Å².